The molecule has 2 saturated heterocycles. The van der Waals surface area contributed by atoms with Gasteiger partial charge in [0, 0.05) is 48.9 Å². The lowest BCUT2D eigenvalue weighted by molar-refractivity contribution is -0.192. The minimum absolute atomic E-state index is 0.0270. The summed E-state index contributed by atoms with van der Waals surface area (Å²) in [5.41, 5.74) is 0.693. The number of nitrogens with zero attached hydrogens (tertiary/aromatic N) is 2. The van der Waals surface area contributed by atoms with E-state index < -0.39 is 29.7 Å². The number of carbonyl (C=O) groups is 3. The molecule has 2 aromatic carbocycles. The number of piperidine rings is 2. The quantitative estimate of drug-likeness (QED) is 0.502. The number of benzene rings is 2. The maximum atomic E-state index is 13.7. The van der Waals surface area contributed by atoms with Gasteiger partial charge in [-0.05, 0) is 74.5 Å². The SMILES string of the molecule is C[C@@H]1CCCN(C2CCN(C(=O)c3ccc(C(=O)NCc4c(F)cccc4F)cc3)CC2)C1.O=C(O)C(F)(F)F. The lowest BCUT2D eigenvalue weighted by atomic mass is 9.95. The van der Waals surface area contributed by atoms with Gasteiger partial charge in [0.2, 0.25) is 0 Å². The van der Waals surface area contributed by atoms with Gasteiger partial charge in [0.05, 0.1) is 0 Å². The van der Waals surface area contributed by atoms with Gasteiger partial charge in [-0.3, -0.25) is 14.5 Å². The van der Waals surface area contributed by atoms with Crippen molar-refractivity contribution in [1.82, 2.24) is 15.1 Å². The van der Waals surface area contributed by atoms with Crippen LogP contribution in [0.15, 0.2) is 42.5 Å². The molecule has 2 fully saturated rings. The van der Waals surface area contributed by atoms with E-state index in [1.807, 2.05) is 4.90 Å². The number of rotatable bonds is 5. The Hall–Kier alpha value is -3.54. The summed E-state index contributed by atoms with van der Waals surface area (Å²) >= 11 is 0. The number of likely N-dealkylation sites (tertiary alicyclic amines) is 2. The van der Waals surface area contributed by atoms with Crippen molar-refractivity contribution in [3.63, 3.8) is 0 Å². The van der Waals surface area contributed by atoms with Crippen molar-refractivity contribution in [1.29, 1.82) is 0 Å². The van der Waals surface area contributed by atoms with Crippen LogP contribution in [0.1, 0.15) is 58.9 Å². The summed E-state index contributed by atoms with van der Waals surface area (Å²) in [6.45, 7) is 5.87. The Morgan fingerprint density at radius 2 is 1.48 bits per heavy atom. The highest BCUT2D eigenvalue weighted by molar-refractivity contribution is 5.97. The summed E-state index contributed by atoms with van der Waals surface area (Å²) in [6, 6.07) is 10.6. The predicted molar refractivity (Wildman–Crippen MR) is 137 cm³/mol. The first kappa shape index (κ1) is 31.0. The van der Waals surface area contributed by atoms with Crippen LogP contribution in [-0.2, 0) is 11.3 Å². The molecule has 2 aliphatic rings. The van der Waals surface area contributed by atoms with E-state index in [0.717, 1.165) is 57.1 Å². The standard InChI is InChI=1S/C26H31F2N3O2.C2HF3O2/c1-18-4-3-13-31(17-18)21-11-14-30(15-12-21)26(33)20-9-7-19(8-10-20)25(32)29-16-22-23(27)5-2-6-24(22)28;3-2(4,5)1(6)7/h2,5-10,18,21H,3-4,11-17H2,1H3,(H,29,32);(H,6,7)/t18-;/m1./s1. The average Bonchev–Trinajstić information content (AvgIpc) is 2.92. The van der Waals surface area contributed by atoms with E-state index >= 15 is 0 Å². The molecular weight excluding hydrogens is 537 g/mol. The maximum Gasteiger partial charge on any atom is 0.490 e. The van der Waals surface area contributed by atoms with Crippen molar-refractivity contribution in [3.8, 4) is 0 Å². The molecule has 0 unspecified atom stereocenters. The van der Waals surface area contributed by atoms with Crippen LogP contribution in [-0.4, -0.2) is 71.1 Å². The van der Waals surface area contributed by atoms with Crippen molar-refractivity contribution in [2.75, 3.05) is 26.2 Å². The van der Waals surface area contributed by atoms with E-state index in [0.29, 0.717) is 17.2 Å². The Morgan fingerprint density at radius 1 is 0.925 bits per heavy atom. The third kappa shape index (κ3) is 8.48. The average molecular weight is 570 g/mol. The second-order valence-electron chi connectivity index (χ2n) is 10.0. The highest BCUT2D eigenvalue weighted by atomic mass is 19.4. The molecule has 0 spiro atoms. The number of carboxylic acids is 1. The van der Waals surface area contributed by atoms with Gasteiger partial charge in [-0.25, -0.2) is 13.6 Å². The second kappa shape index (κ2) is 13.7. The Balaban J connectivity index is 0.000000559. The van der Waals surface area contributed by atoms with Crippen LogP contribution in [0.2, 0.25) is 0 Å². The molecular formula is C28H32F5N3O4. The van der Waals surface area contributed by atoms with Crippen LogP contribution >= 0.6 is 0 Å². The van der Waals surface area contributed by atoms with E-state index in [9.17, 15) is 31.5 Å². The van der Waals surface area contributed by atoms with E-state index in [-0.39, 0.29) is 18.0 Å². The lowest BCUT2D eigenvalue weighted by Gasteiger charge is -2.41. The van der Waals surface area contributed by atoms with Crippen molar-refractivity contribution in [3.05, 3.63) is 70.8 Å². The van der Waals surface area contributed by atoms with Crippen molar-refractivity contribution in [2.24, 2.45) is 5.92 Å². The molecule has 7 nitrogen and oxygen atoms in total. The van der Waals surface area contributed by atoms with Crippen LogP contribution in [0.4, 0.5) is 22.0 Å². The number of halogens is 5. The Morgan fingerprint density at radius 3 is 2.00 bits per heavy atom. The number of alkyl halides is 3. The normalized spacial score (nSPS) is 18.4. The predicted octanol–water partition coefficient (Wildman–Crippen LogP) is 4.86. The van der Waals surface area contributed by atoms with Crippen molar-refractivity contribution >= 4 is 17.8 Å². The summed E-state index contributed by atoms with van der Waals surface area (Å²) in [4.78, 5) is 38.7. The fourth-order valence-corrected chi connectivity index (χ4v) is 4.91. The molecule has 0 aliphatic carbocycles. The molecule has 0 saturated carbocycles. The minimum atomic E-state index is -5.08. The number of carbonyl (C=O) groups excluding carboxylic acids is 2. The summed E-state index contributed by atoms with van der Waals surface area (Å²) in [6.07, 6.45) is -0.533. The molecule has 40 heavy (non-hydrogen) atoms. The minimum Gasteiger partial charge on any atom is -0.475 e. The summed E-state index contributed by atoms with van der Waals surface area (Å²) in [5, 5.41) is 9.65. The van der Waals surface area contributed by atoms with E-state index in [4.69, 9.17) is 9.90 Å². The van der Waals surface area contributed by atoms with Crippen LogP contribution in [0.25, 0.3) is 0 Å². The van der Waals surface area contributed by atoms with Crippen LogP contribution in [0.3, 0.4) is 0 Å². The first-order chi connectivity index (χ1) is 18.9. The highest BCUT2D eigenvalue weighted by Crippen LogP contribution is 2.24. The van der Waals surface area contributed by atoms with Gasteiger partial charge < -0.3 is 15.3 Å². The van der Waals surface area contributed by atoms with Gasteiger partial charge in [-0.15, -0.1) is 0 Å². The number of hydrogen-bond acceptors (Lipinski definition) is 4. The van der Waals surface area contributed by atoms with E-state index in [1.165, 1.54) is 18.9 Å². The molecule has 2 aliphatic heterocycles. The third-order valence-electron chi connectivity index (χ3n) is 7.08. The number of hydrogen-bond donors (Lipinski definition) is 2. The zero-order valence-corrected chi connectivity index (χ0v) is 22.0. The topological polar surface area (TPSA) is 90.0 Å². The molecule has 0 bridgehead atoms. The summed E-state index contributed by atoms with van der Waals surface area (Å²) < 4.78 is 59.2. The molecule has 12 heteroatoms. The summed E-state index contributed by atoms with van der Waals surface area (Å²) in [7, 11) is 0. The fraction of sp³-hybridized carbons (Fsp3) is 0.464. The first-order valence-corrected chi connectivity index (χ1v) is 13.0. The van der Waals surface area contributed by atoms with Crippen LogP contribution in [0.5, 0.6) is 0 Å². The van der Waals surface area contributed by atoms with Crippen molar-refractivity contribution < 1.29 is 41.4 Å². The highest BCUT2D eigenvalue weighted by Gasteiger charge is 2.38. The number of aliphatic carboxylic acids is 1. The van der Waals surface area contributed by atoms with Gasteiger partial charge in [-0.2, -0.15) is 13.2 Å². The fourth-order valence-electron chi connectivity index (χ4n) is 4.91. The molecule has 2 aromatic rings. The van der Waals surface area contributed by atoms with Crippen LogP contribution < -0.4 is 5.32 Å². The third-order valence-corrected chi connectivity index (χ3v) is 7.08. The zero-order chi connectivity index (χ0) is 29.4. The molecule has 2 N–H and O–H groups in total. The lowest BCUT2D eigenvalue weighted by Crippen LogP contribution is -2.49. The smallest absolute Gasteiger partial charge is 0.475 e. The number of nitrogens with one attached hydrogen (secondary N) is 1. The Bertz CT molecular complexity index is 1160. The molecule has 0 aromatic heterocycles. The van der Waals surface area contributed by atoms with Gasteiger partial charge in [0.1, 0.15) is 11.6 Å². The molecule has 0 radical (unpaired) electrons. The van der Waals surface area contributed by atoms with Gasteiger partial charge in [0.25, 0.3) is 11.8 Å². The van der Waals surface area contributed by atoms with Crippen molar-refractivity contribution in [2.45, 2.75) is 51.4 Å². The van der Waals surface area contributed by atoms with Gasteiger partial charge in [-0.1, -0.05) is 13.0 Å². The monoisotopic (exact) mass is 569 g/mol. The van der Waals surface area contributed by atoms with Crippen LogP contribution in [0, 0.1) is 17.6 Å². The number of amides is 2. The van der Waals surface area contributed by atoms with E-state index in [2.05, 4.69) is 17.1 Å². The van der Waals surface area contributed by atoms with Gasteiger partial charge >= 0.3 is 12.1 Å². The Labute approximate surface area is 228 Å². The Kier molecular flexibility index (Phi) is 10.6. The van der Waals surface area contributed by atoms with E-state index in [1.54, 1.807) is 24.3 Å². The molecule has 2 heterocycles. The summed E-state index contributed by atoms with van der Waals surface area (Å²) in [5.74, 6) is -3.88. The first-order valence-electron chi connectivity index (χ1n) is 13.0. The number of carboxylic acid groups (broad SMARTS) is 1. The molecule has 218 valence electrons. The molecule has 1 atom stereocenters. The molecule has 2 amide bonds. The maximum absolute atomic E-state index is 13.7. The second-order valence-corrected chi connectivity index (χ2v) is 10.0. The zero-order valence-electron chi connectivity index (χ0n) is 22.0. The molecule has 4 rings (SSSR count). The largest absolute Gasteiger partial charge is 0.490 e. The van der Waals surface area contributed by atoms with Gasteiger partial charge in [0.15, 0.2) is 0 Å².